The normalized spacial score (nSPS) is 13.1. The topological polar surface area (TPSA) is 100 Å². The maximum absolute atomic E-state index is 12.5. The number of nitrogens with zero attached hydrogens (tertiary/aromatic N) is 3. The molecular formula is C28H33N5O3. The largest absolute Gasteiger partial charge is 0.352 e. The van der Waals surface area contributed by atoms with Crippen molar-refractivity contribution in [1.29, 1.82) is 0 Å². The van der Waals surface area contributed by atoms with Crippen molar-refractivity contribution in [3.63, 3.8) is 0 Å². The van der Waals surface area contributed by atoms with Gasteiger partial charge in [0.2, 0.25) is 0 Å². The van der Waals surface area contributed by atoms with E-state index in [0.717, 1.165) is 36.1 Å². The standard InChI is InChI=1S/C28H33N5O3/c1-20-8-6-7-11-24(20)30-28(35)33(2)19-17-25-31-27(36-32-25)23-14-12-22(13-15-23)26(34)29-18-16-21-9-4-3-5-10-21/h6-9,11-15H,3-5,10,16-19H2,1-2H3,(H,29,34)(H,30,35). The highest BCUT2D eigenvalue weighted by atomic mass is 16.5. The van der Waals surface area contributed by atoms with E-state index in [9.17, 15) is 9.59 Å². The highest BCUT2D eigenvalue weighted by Gasteiger charge is 2.14. The van der Waals surface area contributed by atoms with E-state index in [-0.39, 0.29) is 11.9 Å². The Labute approximate surface area is 211 Å². The minimum atomic E-state index is -0.197. The predicted molar refractivity (Wildman–Crippen MR) is 140 cm³/mol. The molecule has 1 aromatic heterocycles. The third kappa shape index (κ3) is 6.81. The Morgan fingerprint density at radius 3 is 2.61 bits per heavy atom. The second-order valence-electron chi connectivity index (χ2n) is 9.12. The number of aryl methyl sites for hydroxylation is 1. The fourth-order valence-electron chi connectivity index (χ4n) is 4.10. The molecule has 2 aromatic carbocycles. The van der Waals surface area contributed by atoms with Crippen LogP contribution in [0, 0.1) is 6.92 Å². The molecule has 0 atom stereocenters. The zero-order chi connectivity index (χ0) is 25.3. The van der Waals surface area contributed by atoms with Crippen LogP contribution in [0.2, 0.25) is 0 Å². The smallest absolute Gasteiger partial charge is 0.321 e. The predicted octanol–water partition coefficient (Wildman–Crippen LogP) is 5.37. The number of urea groups is 1. The summed E-state index contributed by atoms with van der Waals surface area (Å²) in [6, 6.07) is 14.6. The van der Waals surface area contributed by atoms with E-state index in [4.69, 9.17) is 4.52 Å². The molecule has 0 spiro atoms. The number of aromatic nitrogens is 2. The minimum absolute atomic E-state index is 0.0869. The Morgan fingerprint density at radius 2 is 1.86 bits per heavy atom. The van der Waals surface area contributed by atoms with Crippen molar-refractivity contribution in [3.05, 3.63) is 77.1 Å². The number of amides is 3. The van der Waals surface area contributed by atoms with E-state index in [1.807, 2.05) is 31.2 Å². The molecule has 8 nitrogen and oxygen atoms in total. The summed E-state index contributed by atoms with van der Waals surface area (Å²) in [6.07, 6.45) is 8.50. The molecule has 0 bridgehead atoms. The zero-order valence-electron chi connectivity index (χ0n) is 20.9. The average molecular weight is 488 g/mol. The van der Waals surface area contributed by atoms with Crippen LogP contribution in [0.4, 0.5) is 10.5 Å². The fraction of sp³-hybridized carbons (Fsp3) is 0.357. The highest BCUT2D eigenvalue weighted by molar-refractivity contribution is 5.94. The number of hydrogen-bond acceptors (Lipinski definition) is 5. The van der Waals surface area contributed by atoms with Crippen LogP contribution in [0.3, 0.4) is 0 Å². The molecule has 3 amide bonds. The number of anilines is 1. The van der Waals surface area contributed by atoms with Gasteiger partial charge in [-0.1, -0.05) is 35.0 Å². The third-order valence-electron chi connectivity index (χ3n) is 6.38. The van der Waals surface area contributed by atoms with Crippen LogP contribution in [-0.2, 0) is 6.42 Å². The lowest BCUT2D eigenvalue weighted by Crippen LogP contribution is -2.33. The second-order valence-corrected chi connectivity index (χ2v) is 9.12. The Bertz CT molecular complexity index is 1220. The van der Waals surface area contributed by atoms with Crippen LogP contribution in [0.1, 0.15) is 53.8 Å². The SMILES string of the molecule is Cc1ccccc1NC(=O)N(C)CCc1noc(-c2ccc(C(=O)NCCC3=CCCCC3)cc2)n1. The Hall–Kier alpha value is -3.94. The van der Waals surface area contributed by atoms with Crippen LogP contribution in [0.5, 0.6) is 0 Å². The summed E-state index contributed by atoms with van der Waals surface area (Å²) >= 11 is 0. The molecule has 3 aromatic rings. The van der Waals surface area contributed by atoms with Gasteiger partial charge >= 0.3 is 6.03 Å². The van der Waals surface area contributed by atoms with Crippen molar-refractivity contribution in [2.24, 2.45) is 0 Å². The van der Waals surface area contributed by atoms with Gasteiger partial charge in [-0.2, -0.15) is 4.98 Å². The van der Waals surface area contributed by atoms with E-state index in [1.54, 1.807) is 36.2 Å². The summed E-state index contributed by atoms with van der Waals surface area (Å²) < 4.78 is 5.40. The first kappa shape index (κ1) is 25.2. The number of nitrogens with one attached hydrogen (secondary N) is 2. The van der Waals surface area contributed by atoms with Crippen molar-refractivity contribution in [2.75, 3.05) is 25.5 Å². The van der Waals surface area contributed by atoms with Crippen LogP contribution in [-0.4, -0.2) is 47.1 Å². The molecule has 0 saturated heterocycles. The first-order chi connectivity index (χ1) is 17.5. The third-order valence-corrected chi connectivity index (χ3v) is 6.38. The fourth-order valence-corrected chi connectivity index (χ4v) is 4.10. The summed E-state index contributed by atoms with van der Waals surface area (Å²) in [5.74, 6) is 0.809. The number of benzene rings is 2. The number of rotatable bonds is 9. The number of carbonyl (C=O) groups excluding carboxylic acids is 2. The lowest BCUT2D eigenvalue weighted by molar-refractivity contribution is 0.0954. The summed E-state index contributed by atoms with van der Waals surface area (Å²) in [5.41, 5.74) is 4.57. The first-order valence-electron chi connectivity index (χ1n) is 12.5. The Morgan fingerprint density at radius 1 is 1.06 bits per heavy atom. The molecule has 0 fully saturated rings. The average Bonchev–Trinajstić information content (AvgIpc) is 3.38. The van der Waals surface area contributed by atoms with Gasteiger partial charge < -0.3 is 20.1 Å². The molecule has 0 unspecified atom stereocenters. The van der Waals surface area contributed by atoms with Gasteiger partial charge in [0.1, 0.15) is 0 Å². The quantitative estimate of drug-likeness (QED) is 0.395. The van der Waals surface area contributed by atoms with Gasteiger partial charge in [-0.3, -0.25) is 4.79 Å². The monoisotopic (exact) mass is 487 g/mol. The highest BCUT2D eigenvalue weighted by Crippen LogP contribution is 2.20. The van der Waals surface area contributed by atoms with Crippen LogP contribution < -0.4 is 10.6 Å². The second kappa shape index (κ2) is 12.2. The Balaban J connectivity index is 1.25. The number of hydrogen-bond donors (Lipinski definition) is 2. The maximum Gasteiger partial charge on any atom is 0.321 e. The van der Waals surface area contributed by atoms with Gasteiger partial charge in [-0.15, -0.1) is 0 Å². The van der Waals surface area contributed by atoms with E-state index in [1.165, 1.54) is 18.4 Å². The van der Waals surface area contributed by atoms with Crippen molar-refractivity contribution < 1.29 is 14.1 Å². The summed E-state index contributed by atoms with van der Waals surface area (Å²) in [5, 5.41) is 9.94. The summed E-state index contributed by atoms with van der Waals surface area (Å²) in [4.78, 5) is 30.9. The lowest BCUT2D eigenvalue weighted by atomic mass is 9.97. The number of carbonyl (C=O) groups is 2. The molecule has 188 valence electrons. The van der Waals surface area contributed by atoms with E-state index in [0.29, 0.717) is 36.8 Å². The van der Waals surface area contributed by atoms with Gasteiger partial charge in [0.05, 0.1) is 0 Å². The Kier molecular flexibility index (Phi) is 8.49. The van der Waals surface area contributed by atoms with Crippen LogP contribution in [0.25, 0.3) is 11.5 Å². The zero-order valence-corrected chi connectivity index (χ0v) is 20.9. The first-order valence-corrected chi connectivity index (χ1v) is 12.5. The molecule has 0 aliphatic heterocycles. The molecule has 2 N–H and O–H groups in total. The maximum atomic E-state index is 12.5. The number of likely N-dealkylation sites (N-methyl/N-ethyl adjacent to an activating group) is 1. The summed E-state index contributed by atoms with van der Waals surface area (Å²) in [7, 11) is 1.73. The molecule has 1 heterocycles. The van der Waals surface area contributed by atoms with Crippen molar-refractivity contribution in [1.82, 2.24) is 20.4 Å². The van der Waals surface area contributed by atoms with Crippen molar-refractivity contribution in [3.8, 4) is 11.5 Å². The number of para-hydroxylation sites is 1. The lowest BCUT2D eigenvalue weighted by Gasteiger charge is -2.18. The van der Waals surface area contributed by atoms with E-state index in [2.05, 4.69) is 26.9 Å². The van der Waals surface area contributed by atoms with Crippen LogP contribution in [0.15, 0.2) is 64.7 Å². The minimum Gasteiger partial charge on any atom is -0.352 e. The van der Waals surface area contributed by atoms with Gasteiger partial charge in [0, 0.05) is 43.4 Å². The molecule has 4 rings (SSSR count). The van der Waals surface area contributed by atoms with Crippen LogP contribution >= 0.6 is 0 Å². The summed E-state index contributed by atoms with van der Waals surface area (Å²) in [6.45, 7) is 3.04. The van der Waals surface area contributed by atoms with E-state index < -0.39 is 0 Å². The molecular weight excluding hydrogens is 454 g/mol. The molecule has 36 heavy (non-hydrogen) atoms. The van der Waals surface area contributed by atoms with Crippen molar-refractivity contribution in [2.45, 2.75) is 45.4 Å². The molecule has 0 radical (unpaired) electrons. The molecule has 0 saturated carbocycles. The van der Waals surface area contributed by atoms with Gasteiger partial charge in [-0.05, 0) is 74.9 Å². The molecule has 1 aliphatic carbocycles. The molecule has 8 heteroatoms. The van der Waals surface area contributed by atoms with E-state index >= 15 is 0 Å². The van der Waals surface area contributed by atoms with Gasteiger partial charge in [-0.25, -0.2) is 4.79 Å². The number of allylic oxidation sites excluding steroid dienone is 1. The van der Waals surface area contributed by atoms with Gasteiger partial charge in [0.15, 0.2) is 5.82 Å². The molecule has 1 aliphatic rings. The van der Waals surface area contributed by atoms with Crippen molar-refractivity contribution >= 4 is 17.6 Å². The van der Waals surface area contributed by atoms with Gasteiger partial charge in [0.25, 0.3) is 11.8 Å².